The Bertz CT molecular complexity index is 433. The first kappa shape index (κ1) is 17.3. The molecule has 118 valence electrons. The average Bonchev–Trinajstić information content (AvgIpc) is 2.46. The number of carbonyl (C=O) groups excluding carboxylic acids is 1. The van der Waals surface area contributed by atoms with Gasteiger partial charge >= 0.3 is 6.03 Å². The van der Waals surface area contributed by atoms with Crippen LogP contribution >= 0.6 is 0 Å². The zero-order valence-electron chi connectivity index (χ0n) is 13.7. The summed E-state index contributed by atoms with van der Waals surface area (Å²) in [7, 11) is 0. The number of hydrogen-bond donors (Lipinski definition) is 1. The molecule has 0 fully saturated rings. The van der Waals surface area contributed by atoms with Gasteiger partial charge in [-0.15, -0.1) is 0 Å². The summed E-state index contributed by atoms with van der Waals surface area (Å²) in [4.78, 5) is 14.0. The number of carbonyl (C=O) groups is 1. The Labute approximate surface area is 128 Å². The molecule has 21 heavy (non-hydrogen) atoms. The van der Waals surface area contributed by atoms with Crippen LogP contribution in [0.15, 0.2) is 24.3 Å². The maximum Gasteiger partial charge on any atom is 0.321 e. The summed E-state index contributed by atoms with van der Waals surface area (Å²) in [6.07, 6.45) is 2.11. The maximum atomic E-state index is 12.2. The van der Waals surface area contributed by atoms with Gasteiger partial charge in [0.25, 0.3) is 0 Å². The van der Waals surface area contributed by atoms with Gasteiger partial charge in [0.05, 0.1) is 6.61 Å². The molecule has 2 amide bonds. The van der Waals surface area contributed by atoms with E-state index in [0.29, 0.717) is 12.5 Å². The predicted octanol–water partition coefficient (Wildman–Crippen LogP) is 4.38. The summed E-state index contributed by atoms with van der Waals surface area (Å²) in [5.41, 5.74) is 0.774. The van der Waals surface area contributed by atoms with Crippen molar-refractivity contribution in [2.75, 3.05) is 25.0 Å². The Hall–Kier alpha value is -1.71. The summed E-state index contributed by atoms with van der Waals surface area (Å²) in [5, 5.41) is 2.94. The fourth-order valence-electron chi connectivity index (χ4n) is 1.88. The monoisotopic (exact) mass is 292 g/mol. The normalized spacial score (nSPS) is 10.5. The first-order chi connectivity index (χ1) is 10.1. The van der Waals surface area contributed by atoms with Crippen LogP contribution in [0.25, 0.3) is 0 Å². The highest BCUT2D eigenvalue weighted by atomic mass is 16.5. The predicted molar refractivity (Wildman–Crippen MR) is 87.9 cm³/mol. The van der Waals surface area contributed by atoms with Gasteiger partial charge in [-0.2, -0.15) is 0 Å². The van der Waals surface area contributed by atoms with E-state index in [0.717, 1.165) is 37.4 Å². The molecule has 0 aliphatic rings. The van der Waals surface area contributed by atoms with Gasteiger partial charge in [0, 0.05) is 24.8 Å². The molecule has 0 aliphatic carbocycles. The van der Waals surface area contributed by atoms with Gasteiger partial charge in [-0.3, -0.25) is 0 Å². The van der Waals surface area contributed by atoms with E-state index >= 15 is 0 Å². The van der Waals surface area contributed by atoms with Crippen LogP contribution in [0.4, 0.5) is 10.5 Å². The highest BCUT2D eigenvalue weighted by molar-refractivity contribution is 5.89. The molecule has 0 saturated heterocycles. The highest BCUT2D eigenvalue weighted by Gasteiger charge is 2.11. The SMILES string of the molecule is CCCCN(CC)C(=O)Nc1cccc(OCC(C)C)c1. The largest absolute Gasteiger partial charge is 0.493 e. The second-order valence-electron chi connectivity index (χ2n) is 5.60. The average molecular weight is 292 g/mol. The molecule has 4 nitrogen and oxygen atoms in total. The molecular formula is C17H28N2O2. The quantitative estimate of drug-likeness (QED) is 0.772. The molecule has 0 unspecified atom stereocenters. The molecule has 0 aliphatic heterocycles. The van der Waals surface area contributed by atoms with E-state index < -0.39 is 0 Å². The van der Waals surface area contributed by atoms with Crippen molar-refractivity contribution in [2.24, 2.45) is 5.92 Å². The number of nitrogens with zero attached hydrogens (tertiary/aromatic N) is 1. The van der Waals surface area contributed by atoms with Crippen molar-refractivity contribution >= 4 is 11.7 Å². The minimum Gasteiger partial charge on any atom is -0.493 e. The van der Waals surface area contributed by atoms with Crippen LogP contribution in [0.5, 0.6) is 5.75 Å². The fourth-order valence-corrected chi connectivity index (χ4v) is 1.88. The first-order valence-corrected chi connectivity index (χ1v) is 7.85. The number of rotatable bonds is 8. The highest BCUT2D eigenvalue weighted by Crippen LogP contribution is 2.18. The Kier molecular flexibility index (Phi) is 7.65. The van der Waals surface area contributed by atoms with E-state index in [1.54, 1.807) is 0 Å². The number of anilines is 1. The van der Waals surface area contributed by atoms with Gasteiger partial charge < -0.3 is 15.0 Å². The number of unbranched alkanes of at least 4 members (excludes halogenated alkanes) is 1. The molecule has 0 radical (unpaired) electrons. The first-order valence-electron chi connectivity index (χ1n) is 7.85. The van der Waals surface area contributed by atoms with Crippen molar-refractivity contribution in [1.29, 1.82) is 0 Å². The summed E-state index contributed by atoms with van der Waals surface area (Å²) in [6.45, 7) is 10.5. The lowest BCUT2D eigenvalue weighted by molar-refractivity contribution is 0.213. The molecule has 0 spiro atoms. The third-order valence-electron chi connectivity index (χ3n) is 3.12. The van der Waals surface area contributed by atoms with E-state index in [9.17, 15) is 4.79 Å². The van der Waals surface area contributed by atoms with Crippen molar-refractivity contribution in [3.63, 3.8) is 0 Å². The van der Waals surface area contributed by atoms with Gasteiger partial charge in [-0.25, -0.2) is 4.79 Å². The lowest BCUT2D eigenvalue weighted by Crippen LogP contribution is -2.35. The summed E-state index contributed by atoms with van der Waals surface area (Å²) in [5.74, 6) is 1.27. The molecule has 1 aromatic rings. The topological polar surface area (TPSA) is 41.6 Å². The number of benzene rings is 1. The van der Waals surface area contributed by atoms with Crippen LogP contribution < -0.4 is 10.1 Å². The molecular weight excluding hydrogens is 264 g/mol. The fraction of sp³-hybridized carbons (Fsp3) is 0.588. The van der Waals surface area contributed by atoms with Crippen molar-refractivity contribution < 1.29 is 9.53 Å². The van der Waals surface area contributed by atoms with Gasteiger partial charge in [0.15, 0.2) is 0 Å². The number of urea groups is 1. The van der Waals surface area contributed by atoms with E-state index in [1.807, 2.05) is 36.1 Å². The Balaban J connectivity index is 2.60. The van der Waals surface area contributed by atoms with E-state index in [1.165, 1.54) is 0 Å². The molecule has 1 aromatic carbocycles. The minimum atomic E-state index is -0.0491. The zero-order valence-corrected chi connectivity index (χ0v) is 13.7. The molecule has 1 N–H and O–H groups in total. The second kappa shape index (κ2) is 9.27. The summed E-state index contributed by atoms with van der Waals surface area (Å²) >= 11 is 0. The van der Waals surface area contributed by atoms with Gasteiger partial charge in [0.2, 0.25) is 0 Å². The minimum absolute atomic E-state index is 0.0491. The van der Waals surface area contributed by atoms with Crippen molar-refractivity contribution in [3.8, 4) is 5.75 Å². The molecule has 0 bridgehead atoms. The van der Waals surface area contributed by atoms with Crippen LogP contribution in [0.3, 0.4) is 0 Å². The Morgan fingerprint density at radius 1 is 1.33 bits per heavy atom. The molecule has 1 rings (SSSR count). The number of hydrogen-bond acceptors (Lipinski definition) is 2. The van der Waals surface area contributed by atoms with Crippen LogP contribution in [0, 0.1) is 5.92 Å². The smallest absolute Gasteiger partial charge is 0.321 e. The lowest BCUT2D eigenvalue weighted by Gasteiger charge is -2.21. The third-order valence-corrected chi connectivity index (χ3v) is 3.12. The summed E-state index contributed by atoms with van der Waals surface area (Å²) in [6, 6.07) is 7.51. The van der Waals surface area contributed by atoms with E-state index in [2.05, 4.69) is 26.1 Å². The van der Waals surface area contributed by atoms with Crippen LogP contribution in [0.2, 0.25) is 0 Å². The van der Waals surface area contributed by atoms with Crippen molar-refractivity contribution in [2.45, 2.75) is 40.5 Å². The standard InChI is InChI=1S/C17H28N2O2/c1-5-7-11-19(6-2)17(20)18-15-9-8-10-16(12-15)21-13-14(3)4/h8-10,12,14H,5-7,11,13H2,1-4H3,(H,18,20). The van der Waals surface area contributed by atoms with E-state index in [4.69, 9.17) is 4.74 Å². The number of ether oxygens (including phenoxy) is 1. The number of amides is 2. The van der Waals surface area contributed by atoms with Crippen LogP contribution in [-0.2, 0) is 0 Å². The van der Waals surface area contributed by atoms with Crippen LogP contribution in [-0.4, -0.2) is 30.6 Å². The number of nitrogens with one attached hydrogen (secondary N) is 1. The van der Waals surface area contributed by atoms with Gasteiger partial charge in [0.1, 0.15) is 5.75 Å². The Morgan fingerprint density at radius 3 is 2.71 bits per heavy atom. The van der Waals surface area contributed by atoms with Crippen molar-refractivity contribution in [1.82, 2.24) is 4.90 Å². The lowest BCUT2D eigenvalue weighted by atomic mass is 10.2. The van der Waals surface area contributed by atoms with Crippen molar-refractivity contribution in [3.05, 3.63) is 24.3 Å². The van der Waals surface area contributed by atoms with Gasteiger partial charge in [-0.1, -0.05) is 33.3 Å². The zero-order chi connectivity index (χ0) is 15.7. The molecule has 0 aromatic heterocycles. The maximum absolute atomic E-state index is 12.2. The molecule has 0 saturated carbocycles. The second-order valence-corrected chi connectivity index (χ2v) is 5.60. The van der Waals surface area contributed by atoms with E-state index in [-0.39, 0.29) is 6.03 Å². The molecule has 4 heteroatoms. The Morgan fingerprint density at radius 2 is 2.10 bits per heavy atom. The third kappa shape index (κ3) is 6.52. The molecule has 0 atom stereocenters. The molecule has 0 heterocycles. The summed E-state index contributed by atoms with van der Waals surface area (Å²) < 4.78 is 5.68. The van der Waals surface area contributed by atoms with Gasteiger partial charge in [-0.05, 0) is 31.4 Å². The van der Waals surface area contributed by atoms with Crippen LogP contribution in [0.1, 0.15) is 40.5 Å².